The lowest BCUT2D eigenvalue weighted by molar-refractivity contribution is -0.138. The van der Waals surface area contributed by atoms with Crippen LogP contribution in [0.3, 0.4) is 0 Å². The largest absolute Gasteiger partial charge is 0.494 e. The van der Waals surface area contributed by atoms with Crippen molar-refractivity contribution in [2.45, 2.75) is 58.0 Å². The second-order valence-corrected chi connectivity index (χ2v) is 12.9. The Morgan fingerprint density at radius 3 is 2.46 bits per heavy atom. The minimum atomic E-state index is 0.0166. The molecule has 0 bridgehead atoms. The summed E-state index contributed by atoms with van der Waals surface area (Å²) < 4.78 is 13.4. The molecular weight excluding hydrogens is 578 g/mol. The van der Waals surface area contributed by atoms with Gasteiger partial charge in [0, 0.05) is 44.2 Å². The number of likely N-dealkylation sites (N-methyl/N-ethyl adjacent to an activating group) is 1. The Hall–Kier alpha value is -4.18. The van der Waals surface area contributed by atoms with Gasteiger partial charge in [0.25, 0.3) is 0 Å². The number of nitrogens with zero attached hydrogens (tertiary/aromatic N) is 7. The third-order valence-electron chi connectivity index (χ3n) is 10.3. The lowest BCUT2D eigenvalue weighted by Gasteiger charge is -2.50. The molecule has 242 valence electrons. The van der Waals surface area contributed by atoms with Gasteiger partial charge in [0.05, 0.1) is 31.3 Å². The third-order valence-corrected chi connectivity index (χ3v) is 10.3. The van der Waals surface area contributed by atoms with Gasteiger partial charge < -0.3 is 19.3 Å². The molecule has 1 saturated heterocycles. The van der Waals surface area contributed by atoms with Crippen LogP contribution < -0.4 is 14.4 Å². The van der Waals surface area contributed by atoms with Crippen LogP contribution in [0.1, 0.15) is 56.2 Å². The highest BCUT2D eigenvalue weighted by atomic mass is 16.5. The Morgan fingerprint density at radius 2 is 1.70 bits per heavy atom. The average molecular weight is 624 g/mol. The molecule has 1 aliphatic carbocycles. The van der Waals surface area contributed by atoms with E-state index in [1.54, 1.807) is 6.33 Å². The van der Waals surface area contributed by atoms with Crippen molar-refractivity contribution in [1.29, 1.82) is 0 Å². The van der Waals surface area contributed by atoms with Gasteiger partial charge in [-0.15, -0.1) is 0 Å². The summed E-state index contributed by atoms with van der Waals surface area (Å²) in [6.07, 6.45) is 8.41. The van der Waals surface area contributed by atoms with Gasteiger partial charge in [-0.1, -0.05) is 18.2 Å². The minimum Gasteiger partial charge on any atom is -0.494 e. The maximum Gasteiger partial charge on any atom is 0.225 e. The van der Waals surface area contributed by atoms with Gasteiger partial charge in [-0.2, -0.15) is 5.10 Å². The fourth-order valence-electron chi connectivity index (χ4n) is 7.91. The topological polar surface area (TPSA) is 88.9 Å². The van der Waals surface area contributed by atoms with Crippen LogP contribution in [0.4, 0.5) is 5.82 Å². The van der Waals surface area contributed by atoms with Crippen molar-refractivity contribution in [2.75, 3.05) is 57.9 Å². The van der Waals surface area contributed by atoms with Gasteiger partial charge in [-0.05, 0) is 94.0 Å². The SMILES string of the molecule is CCOc1cccc(Cn2ncc3c(N4CCN(C(=O)C5CCC6(CC5)c5ccc(OCC)cc5CCN6C)CC4)ncnc32)c1. The molecule has 3 aliphatic rings. The summed E-state index contributed by atoms with van der Waals surface area (Å²) in [4.78, 5) is 29.9. The number of rotatable bonds is 8. The molecule has 1 amide bonds. The Kier molecular flexibility index (Phi) is 8.55. The second kappa shape index (κ2) is 12.9. The molecule has 2 aromatic carbocycles. The standard InChI is InChI=1S/C36H45N7O3/c1-4-45-29-8-6-7-26(21-29)24-43-34-31(23-39-43)33(37-25-38-34)41-17-19-42(20-18-41)35(44)27-11-14-36(15-12-27)32-10-9-30(46-5-2)22-28(32)13-16-40(36)3/h6-10,21-23,25,27H,4-5,11-20,24H2,1-3H3. The van der Waals surface area contributed by atoms with Crippen molar-refractivity contribution in [3.05, 3.63) is 71.7 Å². The maximum absolute atomic E-state index is 13.8. The molecule has 4 aromatic rings. The molecule has 2 aliphatic heterocycles. The molecular formula is C36H45N7O3. The number of carbonyl (C=O) groups is 1. The molecule has 10 nitrogen and oxygen atoms in total. The molecule has 1 saturated carbocycles. The molecule has 2 aromatic heterocycles. The van der Waals surface area contributed by atoms with E-state index in [0.717, 1.165) is 85.7 Å². The van der Waals surface area contributed by atoms with Gasteiger partial charge in [0.2, 0.25) is 5.91 Å². The van der Waals surface area contributed by atoms with Gasteiger partial charge >= 0.3 is 0 Å². The zero-order valence-electron chi connectivity index (χ0n) is 27.3. The summed E-state index contributed by atoms with van der Waals surface area (Å²) in [5, 5.41) is 5.60. The van der Waals surface area contributed by atoms with Gasteiger partial charge in [0.1, 0.15) is 23.6 Å². The summed E-state index contributed by atoms with van der Waals surface area (Å²) in [6.45, 7) is 9.86. The highest BCUT2D eigenvalue weighted by molar-refractivity contribution is 5.87. The van der Waals surface area contributed by atoms with E-state index in [9.17, 15) is 4.79 Å². The number of benzene rings is 2. The number of hydrogen-bond acceptors (Lipinski definition) is 8. The van der Waals surface area contributed by atoms with E-state index in [1.165, 1.54) is 11.1 Å². The lowest BCUT2D eigenvalue weighted by Crippen LogP contribution is -2.54. The number of ether oxygens (including phenoxy) is 2. The Balaban J connectivity index is 0.985. The molecule has 1 spiro atoms. The number of aromatic nitrogens is 4. The highest BCUT2D eigenvalue weighted by Crippen LogP contribution is 2.48. The van der Waals surface area contributed by atoms with Crippen LogP contribution in [0.5, 0.6) is 11.5 Å². The van der Waals surface area contributed by atoms with Gasteiger partial charge in [-0.3, -0.25) is 9.69 Å². The van der Waals surface area contributed by atoms with Crippen molar-refractivity contribution >= 4 is 22.8 Å². The number of carbonyl (C=O) groups excluding carboxylic acids is 1. The first-order valence-corrected chi connectivity index (χ1v) is 16.9. The first-order chi connectivity index (χ1) is 22.5. The zero-order chi connectivity index (χ0) is 31.7. The minimum absolute atomic E-state index is 0.0166. The Labute approximate surface area is 271 Å². The second-order valence-electron chi connectivity index (χ2n) is 12.9. The molecule has 10 heteroatoms. The van der Waals surface area contributed by atoms with Crippen molar-refractivity contribution in [3.63, 3.8) is 0 Å². The zero-order valence-corrected chi connectivity index (χ0v) is 27.3. The van der Waals surface area contributed by atoms with Crippen molar-refractivity contribution in [1.82, 2.24) is 29.5 Å². The molecule has 0 unspecified atom stereocenters. The van der Waals surface area contributed by atoms with Gasteiger partial charge in [-0.25, -0.2) is 14.6 Å². The van der Waals surface area contributed by atoms with Crippen LogP contribution in [0.15, 0.2) is 55.0 Å². The predicted octanol–water partition coefficient (Wildman–Crippen LogP) is 4.89. The van der Waals surface area contributed by atoms with Crippen molar-refractivity contribution in [3.8, 4) is 11.5 Å². The summed E-state index contributed by atoms with van der Waals surface area (Å²) >= 11 is 0. The van der Waals surface area contributed by atoms with E-state index in [2.05, 4.69) is 61.1 Å². The van der Waals surface area contributed by atoms with Crippen LogP contribution in [-0.4, -0.2) is 88.4 Å². The summed E-state index contributed by atoms with van der Waals surface area (Å²) in [6, 6.07) is 14.7. The first kappa shape index (κ1) is 30.5. The number of hydrogen-bond donors (Lipinski definition) is 0. The first-order valence-electron chi connectivity index (χ1n) is 16.9. The highest BCUT2D eigenvalue weighted by Gasteiger charge is 2.45. The van der Waals surface area contributed by atoms with E-state index in [0.29, 0.717) is 38.8 Å². The Bertz CT molecular complexity index is 1690. The number of amides is 1. The van der Waals surface area contributed by atoms with Crippen LogP contribution >= 0.6 is 0 Å². The van der Waals surface area contributed by atoms with Crippen LogP contribution in [0.25, 0.3) is 11.0 Å². The summed E-state index contributed by atoms with van der Waals surface area (Å²) in [5.41, 5.74) is 4.77. The van der Waals surface area contributed by atoms with Gasteiger partial charge in [0.15, 0.2) is 5.65 Å². The third kappa shape index (κ3) is 5.68. The van der Waals surface area contributed by atoms with E-state index < -0.39 is 0 Å². The molecule has 2 fully saturated rings. The summed E-state index contributed by atoms with van der Waals surface area (Å²) in [7, 11) is 2.26. The van der Waals surface area contributed by atoms with Crippen molar-refractivity contribution in [2.24, 2.45) is 5.92 Å². The molecule has 4 heterocycles. The number of fused-ring (bicyclic) bond motifs is 3. The fraction of sp³-hybridized carbons (Fsp3) is 0.500. The molecule has 0 radical (unpaired) electrons. The summed E-state index contributed by atoms with van der Waals surface area (Å²) in [5.74, 6) is 3.11. The van der Waals surface area contributed by atoms with E-state index in [4.69, 9.17) is 9.47 Å². The van der Waals surface area contributed by atoms with Crippen LogP contribution in [-0.2, 0) is 23.3 Å². The van der Waals surface area contributed by atoms with E-state index in [1.807, 2.05) is 42.9 Å². The predicted molar refractivity (Wildman–Crippen MR) is 178 cm³/mol. The maximum atomic E-state index is 13.8. The smallest absolute Gasteiger partial charge is 0.225 e. The van der Waals surface area contributed by atoms with E-state index >= 15 is 0 Å². The molecule has 0 atom stereocenters. The number of piperazine rings is 1. The number of anilines is 1. The van der Waals surface area contributed by atoms with E-state index in [-0.39, 0.29) is 11.5 Å². The lowest BCUT2D eigenvalue weighted by atomic mass is 9.68. The quantitative estimate of drug-likeness (QED) is 0.274. The van der Waals surface area contributed by atoms with Crippen LogP contribution in [0, 0.1) is 5.92 Å². The average Bonchev–Trinajstić information content (AvgIpc) is 3.50. The Morgan fingerprint density at radius 1 is 0.935 bits per heavy atom. The molecule has 46 heavy (non-hydrogen) atoms. The van der Waals surface area contributed by atoms with Crippen molar-refractivity contribution < 1.29 is 14.3 Å². The fourth-order valence-corrected chi connectivity index (χ4v) is 7.91. The van der Waals surface area contributed by atoms with Crippen LogP contribution in [0.2, 0.25) is 0 Å². The molecule has 0 N–H and O–H groups in total. The monoisotopic (exact) mass is 623 g/mol. The normalized spacial score (nSPS) is 21.8. The molecule has 7 rings (SSSR count).